The number of methoxy groups -OCH3 is 2. The van der Waals surface area contributed by atoms with E-state index in [-0.39, 0.29) is 19.6 Å². The predicted molar refractivity (Wildman–Crippen MR) is 101 cm³/mol. The molecule has 8 nitrogen and oxygen atoms in total. The third kappa shape index (κ3) is 6.22. The van der Waals surface area contributed by atoms with E-state index in [1.165, 1.54) is 7.11 Å². The molecule has 1 N–H and O–H groups in total. The predicted octanol–water partition coefficient (Wildman–Crippen LogP) is 1.18. The first kappa shape index (κ1) is 20.7. The highest BCUT2D eigenvalue weighted by Gasteiger charge is 2.20. The molecule has 27 heavy (non-hydrogen) atoms. The molecule has 0 bridgehead atoms. The second kappa shape index (κ2) is 9.33. The van der Waals surface area contributed by atoms with Crippen LogP contribution < -0.4 is 14.8 Å². The standard InChI is InChI=1S/C18H23N3O5S/c1-25-16-7-6-14(9-17(16)26-2)11-20-18(22)13-21(27(3,23)24)12-15-5-4-8-19-10-15/h4-10H,11-13H2,1-3H3,(H,20,22). The lowest BCUT2D eigenvalue weighted by atomic mass is 10.2. The third-order valence-corrected chi connectivity index (χ3v) is 5.00. The molecule has 0 aliphatic heterocycles. The van der Waals surface area contributed by atoms with Gasteiger partial charge in [0.05, 0.1) is 27.0 Å². The summed E-state index contributed by atoms with van der Waals surface area (Å²) in [6.07, 6.45) is 4.24. The molecule has 1 aromatic heterocycles. The fraction of sp³-hybridized carbons (Fsp3) is 0.333. The van der Waals surface area contributed by atoms with Crippen molar-refractivity contribution in [1.29, 1.82) is 0 Å². The largest absolute Gasteiger partial charge is 0.493 e. The zero-order valence-electron chi connectivity index (χ0n) is 15.5. The summed E-state index contributed by atoms with van der Waals surface area (Å²) in [5.41, 5.74) is 1.51. The lowest BCUT2D eigenvalue weighted by Gasteiger charge is -2.19. The SMILES string of the molecule is COc1ccc(CNC(=O)CN(Cc2cccnc2)S(C)(=O)=O)cc1OC. The van der Waals surface area contributed by atoms with Crippen LogP contribution in [0.2, 0.25) is 0 Å². The van der Waals surface area contributed by atoms with E-state index in [9.17, 15) is 13.2 Å². The average molecular weight is 393 g/mol. The minimum atomic E-state index is -3.55. The van der Waals surface area contributed by atoms with Crippen LogP contribution in [0, 0.1) is 0 Å². The Morgan fingerprint density at radius 1 is 1.15 bits per heavy atom. The summed E-state index contributed by atoms with van der Waals surface area (Å²) in [6, 6.07) is 8.76. The highest BCUT2D eigenvalue weighted by atomic mass is 32.2. The molecular formula is C18H23N3O5S. The van der Waals surface area contributed by atoms with Crippen molar-refractivity contribution in [3.8, 4) is 11.5 Å². The molecule has 2 rings (SSSR count). The van der Waals surface area contributed by atoms with Crippen molar-refractivity contribution in [2.45, 2.75) is 13.1 Å². The first-order valence-electron chi connectivity index (χ1n) is 8.15. The molecule has 1 heterocycles. The molecule has 0 aliphatic carbocycles. The lowest BCUT2D eigenvalue weighted by Crippen LogP contribution is -2.39. The van der Waals surface area contributed by atoms with Crippen LogP contribution in [0.1, 0.15) is 11.1 Å². The van der Waals surface area contributed by atoms with Crippen molar-refractivity contribution in [2.24, 2.45) is 0 Å². The number of carbonyl (C=O) groups is 1. The molecule has 1 amide bonds. The fourth-order valence-corrected chi connectivity index (χ4v) is 3.13. The topological polar surface area (TPSA) is 97.8 Å². The van der Waals surface area contributed by atoms with Gasteiger partial charge < -0.3 is 14.8 Å². The smallest absolute Gasteiger partial charge is 0.235 e. The van der Waals surface area contributed by atoms with Gasteiger partial charge in [-0.2, -0.15) is 4.31 Å². The lowest BCUT2D eigenvalue weighted by molar-refractivity contribution is -0.121. The van der Waals surface area contributed by atoms with Gasteiger partial charge in [0, 0.05) is 25.5 Å². The third-order valence-electron chi connectivity index (χ3n) is 3.81. The number of aromatic nitrogens is 1. The van der Waals surface area contributed by atoms with E-state index in [0.717, 1.165) is 16.1 Å². The van der Waals surface area contributed by atoms with Crippen molar-refractivity contribution in [2.75, 3.05) is 27.0 Å². The first-order valence-corrected chi connectivity index (χ1v) is 10.00. The number of rotatable bonds is 9. The van der Waals surface area contributed by atoms with Gasteiger partial charge in [0.15, 0.2) is 11.5 Å². The quantitative estimate of drug-likeness (QED) is 0.687. The molecule has 0 aliphatic rings. The minimum absolute atomic E-state index is 0.0798. The number of amides is 1. The molecule has 1 aromatic carbocycles. The number of ether oxygens (including phenoxy) is 2. The summed E-state index contributed by atoms with van der Waals surface area (Å²) in [5, 5.41) is 2.72. The molecule has 0 saturated heterocycles. The van der Waals surface area contributed by atoms with Crippen LogP contribution in [-0.2, 0) is 27.9 Å². The van der Waals surface area contributed by atoms with E-state index in [1.54, 1.807) is 49.8 Å². The minimum Gasteiger partial charge on any atom is -0.493 e. The van der Waals surface area contributed by atoms with E-state index >= 15 is 0 Å². The van der Waals surface area contributed by atoms with Crippen molar-refractivity contribution >= 4 is 15.9 Å². The van der Waals surface area contributed by atoms with Crippen molar-refractivity contribution in [3.63, 3.8) is 0 Å². The highest BCUT2D eigenvalue weighted by Crippen LogP contribution is 2.27. The number of nitrogens with zero attached hydrogens (tertiary/aromatic N) is 2. The van der Waals surface area contributed by atoms with Crippen LogP contribution in [0.4, 0.5) is 0 Å². The molecule has 9 heteroatoms. The van der Waals surface area contributed by atoms with Crippen molar-refractivity contribution in [1.82, 2.24) is 14.6 Å². The number of pyridine rings is 1. The summed E-state index contributed by atoms with van der Waals surface area (Å²) in [7, 11) is -0.479. The maximum Gasteiger partial charge on any atom is 0.235 e. The summed E-state index contributed by atoms with van der Waals surface area (Å²) >= 11 is 0. The van der Waals surface area contributed by atoms with Gasteiger partial charge in [-0.25, -0.2) is 8.42 Å². The normalized spacial score (nSPS) is 11.3. The average Bonchev–Trinajstić information content (AvgIpc) is 2.65. The molecule has 0 atom stereocenters. The van der Waals surface area contributed by atoms with E-state index in [0.29, 0.717) is 17.1 Å². The Balaban J connectivity index is 1.99. The highest BCUT2D eigenvalue weighted by molar-refractivity contribution is 7.88. The zero-order chi connectivity index (χ0) is 19.9. The van der Waals surface area contributed by atoms with Gasteiger partial charge in [-0.3, -0.25) is 9.78 Å². The molecule has 2 aromatic rings. The Hall–Kier alpha value is -2.65. The Morgan fingerprint density at radius 3 is 2.48 bits per heavy atom. The number of benzene rings is 1. The van der Waals surface area contributed by atoms with E-state index in [2.05, 4.69) is 10.3 Å². The van der Waals surface area contributed by atoms with Crippen LogP contribution in [-0.4, -0.2) is 50.6 Å². The van der Waals surface area contributed by atoms with Crippen LogP contribution in [0.15, 0.2) is 42.7 Å². The zero-order valence-corrected chi connectivity index (χ0v) is 16.3. The Morgan fingerprint density at radius 2 is 1.89 bits per heavy atom. The summed E-state index contributed by atoms with van der Waals surface area (Å²) in [5.74, 6) is 0.741. The molecule has 0 fully saturated rings. The van der Waals surface area contributed by atoms with Gasteiger partial charge in [-0.15, -0.1) is 0 Å². The molecular weight excluding hydrogens is 370 g/mol. The second-order valence-corrected chi connectivity index (χ2v) is 7.84. The fourth-order valence-electron chi connectivity index (χ4n) is 2.39. The van der Waals surface area contributed by atoms with Crippen LogP contribution in [0.5, 0.6) is 11.5 Å². The van der Waals surface area contributed by atoms with Gasteiger partial charge in [0.25, 0.3) is 0 Å². The van der Waals surface area contributed by atoms with E-state index in [1.807, 2.05) is 0 Å². The van der Waals surface area contributed by atoms with Gasteiger partial charge >= 0.3 is 0 Å². The Kier molecular flexibility index (Phi) is 7.14. The molecule has 0 unspecified atom stereocenters. The molecule has 146 valence electrons. The van der Waals surface area contributed by atoms with Gasteiger partial charge in [0.1, 0.15) is 0 Å². The van der Waals surface area contributed by atoms with Crippen LogP contribution >= 0.6 is 0 Å². The number of sulfonamides is 1. The van der Waals surface area contributed by atoms with Gasteiger partial charge in [-0.05, 0) is 29.3 Å². The first-order chi connectivity index (χ1) is 12.8. The van der Waals surface area contributed by atoms with Gasteiger partial charge in [0.2, 0.25) is 15.9 Å². The second-order valence-electron chi connectivity index (χ2n) is 5.86. The number of hydrogen-bond donors (Lipinski definition) is 1. The summed E-state index contributed by atoms with van der Waals surface area (Å²) in [6.45, 7) is 0.0428. The van der Waals surface area contributed by atoms with E-state index < -0.39 is 15.9 Å². The Bertz CT molecular complexity index is 872. The van der Waals surface area contributed by atoms with E-state index in [4.69, 9.17) is 9.47 Å². The summed E-state index contributed by atoms with van der Waals surface area (Å²) in [4.78, 5) is 16.2. The number of hydrogen-bond acceptors (Lipinski definition) is 6. The van der Waals surface area contributed by atoms with Gasteiger partial charge in [-0.1, -0.05) is 12.1 Å². The number of carbonyl (C=O) groups excluding carboxylic acids is 1. The van der Waals surface area contributed by atoms with Crippen molar-refractivity contribution < 1.29 is 22.7 Å². The van der Waals surface area contributed by atoms with Crippen LogP contribution in [0.3, 0.4) is 0 Å². The molecule has 0 saturated carbocycles. The summed E-state index contributed by atoms with van der Waals surface area (Å²) < 4.78 is 35.5. The van der Waals surface area contributed by atoms with Crippen molar-refractivity contribution in [3.05, 3.63) is 53.9 Å². The monoisotopic (exact) mass is 393 g/mol. The molecule has 0 spiro atoms. The Labute approximate surface area is 159 Å². The maximum atomic E-state index is 12.3. The molecule has 0 radical (unpaired) electrons. The maximum absolute atomic E-state index is 12.3. The number of nitrogens with one attached hydrogen (secondary N) is 1. The van der Waals surface area contributed by atoms with Crippen LogP contribution in [0.25, 0.3) is 0 Å².